The van der Waals surface area contributed by atoms with E-state index in [1.54, 1.807) is 0 Å². The largest absolute Gasteiger partial charge is 0.494 e. The van der Waals surface area contributed by atoms with Crippen LogP contribution in [0.1, 0.15) is 42.0 Å². The number of thiazole rings is 1. The molecule has 158 valence electrons. The van der Waals surface area contributed by atoms with E-state index >= 15 is 0 Å². The first kappa shape index (κ1) is 19.8. The Morgan fingerprint density at radius 1 is 1.19 bits per heavy atom. The maximum absolute atomic E-state index is 13.2. The quantitative estimate of drug-likeness (QED) is 0.476. The van der Waals surface area contributed by atoms with Crippen LogP contribution in [0, 0.1) is 0 Å². The fraction of sp³-hybridized carbons (Fsp3) is 0.292. The Morgan fingerprint density at radius 2 is 2.03 bits per heavy atom. The first-order valence-electron chi connectivity index (χ1n) is 10.6. The van der Waals surface area contributed by atoms with Crippen LogP contribution in [-0.4, -0.2) is 45.5 Å². The monoisotopic (exact) mass is 432 g/mol. The Labute approximate surface area is 184 Å². The molecule has 1 aliphatic heterocycles. The van der Waals surface area contributed by atoms with Gasteiger partial charge in [0.05, 0.1) is 17.6 Å². The molecule has 1 unspecified atom stereocenters. The molecule has 7 heteroatoms. The average molecular weight is 433 g/mol. The molecule has 3 heterocycles. The number of aromatic amines is 1. The number of nitrogens with zero attached hydrogens (tertiary/aromatic N) is 3. The smallest absolute Gasteiger partial charge is 0.273 e. The highest BCUT2D eigenvalue weighted by Gasteiger charge is 2.28. The summed E-state index contributed by atoms with van der Waals surface area (Å²) in [5.74, 6) is 2.01. The van der Waals surface area contributed by atoms with E-state index in [0.717, 1.165) is 52.6 Å². The minimum absolute atomic E-state index is 0.00533. The summed E-state index contributed by atoms with van der Waals surface area (Å²) in [6.45, 7) is 4.02. The summed E-state index contributed by atoms with van der Waals surface area (Å²) in [5, 5.41) is 2.70. The van der Waals surface area contributed by atoms with Gasteiger partial charge in [0, 0.05) is 30.0 Å². The van der Waals surface area contributed by atoms with E-state index in [-0.39, 0.29) is 11.8 Å². The third kappa shape index (κ3) is 4.05. The lowest BCUT2D eigenvalue weighted by Gasteiger charge is -2.31. The van der Waals surface area contributed by atoms with Crippen LogP contribution in [0.4, 0.5) is 0 Å². The molecule has 4 aromatic rings. The second-order valence-electron chi connectivity index (χ2n) is 7.72. The van der Waals surface area contributed by atoms with Gasteiger partial charge in [-0.05, 0) is 56.2 Å². The number of imidazole rings is 1. The summed E-state index contributed by atoms with van der Waals surface area (Å²) in [4.78, 5) is 27.9. The molecule has 1 N–H and O–H groups in total. The lowest BCUT2D eigenvalue weighted by atomic mass is 9.97. The van der Waals surface area contributed by atoms with Gasteiger partial charge in [0.2, 0.25) is 0 Å². The SMILES string of the molecule is CCOc1ccc(-c2nc(C(=O)N3CCCC(c4nc5ccccc5[nH]4)C3)cs2)cc1. The van der Waals surface area contributed by atoms with Crippen LogP contribution in [0.25, 0.3) is 21.6 Å². The number of rotatable bonds is 5. The van der Waals surface area contributed by atoms with Crippen LogP contribution in [-0.2, 0) is 0 Å². The number of H-pyrrole nitrogens is 1. The Balaban J connectivity index is 1.30. The standard InChI is InChI=1S/C24H24N4O2S/c1-2-30-18-11-9-16(10-12-18)23-27-21(15-31-23)24(29)28-13-5-6-17(14-28)22-25-19-7-3-4-8-20(19)26-22/h3-4,7-12,15,17H,2,5-6,13-14H2,1H3,(H,25,26). The second kappa shape index (κ2) is 8.51. The number of carbonyl (C=O) groups excluding carboxylic acids is 1. The third-order valence-electron chi connectivity index (χ3n) is 5.64. The average Bonchev–Trinajstić information content (AvgIpc) is 3.47. The number of nitrogens with one attached hydrogen (secondary N) is 1. The van der Waals surface area contributed by atoms with Gasteiger partial charge in [-0.15, -0.1) is 11.3 Å². The number of hydrogen-bond donors (Lipinski definition) is 1. The zero-order chi connectivity index (χ0) is 21.2. The number of likely N-dealkylation sites (tertiary alicyclic amines) is 1. The molecule has 0 radical (unpaired) electrons. The number of aromatic nitrogens is 3. The van der Waals surface area contributed by atoms with E-state index in [9.17, 15) is 4.79 Å². The van der Waals surface area contributed by atoms with Gasteiger partial charge in [-0.3, -0.25) is 4.79 Å². The van der Waals surface area contributed by atoms with Crippen LogP contribution in [0.5, 0.6) is 5.75 Å². The first-order valence-corrected chi connectivity index (χ1v) is 11.5. The number of carbonyl (C=O) groups is 1. The molecule has 31 heavy (non-hydrogen) atoms. The van der Waals surface area contributed by atoms with Crippen LogP contribution in [0.3, 0.4) is 0 Å². The number of hydrogen-bond acceptors (Lipinski definition) is 5. The van der Waals surface area contributed by atoms with Crippen molar-refractivity contribution in [3.8, 4) is 16.3 Å². The Kier molecular flexibility index (Phi) is 5.42. The minimum Gasteiger partial charge on any atom is -0.494 e. The zero-order valence-corrected chi connectivity index (χ0v) is 18.2. The molecule has 1 fully saturated rings. The fourth-order valence-electron chi connectivity index (χ4n) is 4.08. The molecule has 0 spiro atoms. The predicted octanol–water partition coefficient (Wildman–Crippen LogP) is 5.10. The highest BCUT2D eigenvalue weighted by molar-refractivity contribution is 7.13. The normalized spacial score (nSPS) is 16.5. The fourth-order valence-corrected chi connectivity index (χ4v) is 4.88. The Bertz CT molecular complexity index is 1160. The molecule has 6 nitrogen and oxygen atoms in total. The van der Waals surface area contributed by atoms with Crippen molar-refractivity contribution in [2.75, 3.05) is 19.7 Å². The van der Waals surface area contributed by atoms with Crippen molar-refractivity contribution in [2.24, 2.45) is 0 Å². The molecule has 1 saturated heterocycles. The van der Waals surface area contributed by atoms with Gasteiger partial charge in [0.1, 0.15) is 22.3 Å². The van der Waals surface area contributed by atoms with E-state index < -0.39 is 0 Å². The number of amides is 1. The third-order valence-corrected chi connectivity index (χ3v) is 6.53. The molecule has 1 amide bonds. The first-order chi connectivity index (χ1) is 15.2. The van der Waals surface area contributed by atoms with Crippen molar-refractivity contribution < 1.29 is 9.53 Å². The van der Waals surface area contributed by atoms with E-state index in [2.05, 4.69) is 9.97 Å². The summed E-state index contributed by atoms with van der Waals surface area (Å²) in [5.41, 5.74) is 3.52. The van der Waals surface area contributed by atoms with Crippen LogP contribution in [0.15, 0.2) is 53.9 Å². The lowest BCUT2D eigenvalue weighted by molar-refractivity contribution is 0.0700. The van der Waals surface area contributed by atoms with Crippen molar-refractivity contribution in [1.29, 1.82) is 0 Å². The van der Waals surface area contributed by atoms with Crippen molar-refractivity contribution in [3.05, 3.63) is 65.4 Å². The zero-order valence-electron chi connectivity index (χ0n) is 17.4. The summed E-state index contributed by atoms with van der Waals surface area (Å²) >= 11 is 1.50. The molecule has 0 aliphatic carbocycles. The predicted molar refractivity (Wildman–Crippen MR) is 123 cm³/mol. The number of piperidine rings is 1. The number of para-hydroxylation sites is 2. The lowest BCUT2D eigenvalue weighted by Crippen LogP contribution is -2.39. The molecule has 2 aromatic carbocycles. The van der Waals surface area contributed by atoms with Crippen molar-refractivity contribution in [1.82, 2.24) is 19.9 Å². The molecule has 2 aromatic heterocycles. The van der Waals surface area contributed by atoms with Crippen molar-refractivity contribution >= 4 is 28.3 Å². The molecule has 0 bridgehead atoms. The van der Waals surface area contributed by atoms with Gasteiger partial charge < -0.3 is 14.6 Å². The minimum atomic E-state index is -0.00533. The van der Waals surface area contributed by atoms with Crippen molar-refractivity contribution in [3.63, 3.8) is 0 Å². The Hall–Kier alpha value is -3.19. The van der Waals surface area contributed by atoms with Crippen LogP contribution < -0.4 is 4.74 Å². The van der Waals surface area contributed by atoms with Crippen LogP contribution >= 0.6 is 11.3 Å². The molecular weight excluding hydrogens is 408 g/mol. The molecule has 5 rings (SSSR count). The van der Waals surface area contributed by atoms with E-state index in [4.69, 9.17) is 9.72 Å². The molecular formula is C24H24N4O2S. The van der Waals surface area contributed by atoms with Gasteiger partial charge in [-0.25, -0.2) is 9.97 Å². The number of ether oxygens (including phenoxy) is 1. The number of fused-ring (bicyclic) bond motifs is 1. The summed E-state index contributed by atoms with van der Waals surface area (Å²) in [7, 11) is 0. The van der Waals surface area contributed by atoms with Gasteiger partial charge in [-0.2, -0.15) is 0 Å². The maximum Gasteiger partial charge on any atom is 0.273 e. The van der Waals surface area contributed by atoms with Gasteiger partial charge in [0.15, 0.2) is 0 Å². The van der Waals surface area contributed by atoms with Gasteiger partial charge in [0.25, 0.3) is 5.91 Å². The van der Waals surface area contributed by atoms with Crippen LogP contribution in [0.2, 0.25) is 0 Å². The highest BCUT2D eigenvalue weighted by atomic mass is 32.1. The summed E-state index contributed by atoms with van der Waals surface area (Å²) in [6.07, 6.45) is 1.99. The molecule has 1 atom stereocenters. The molecule has 0 saturated carbocycles. The molecule has 1 aliphatic rings. The summed E-state index contributed by atoms with van der Waals surface area (Å²) in [6, 6.07) is 15.9. The second-order valence-corrected chi connectivity index (χ2v) is 8.58. The Morgan fingerprint density at radius 3 is 2.84 bits per heavy atom. The number of benzene rings is 2. The van der Waals surface area contributed by atoms with E-state index in [1.165, 1.54) is 11.3 Å². The van der Waals surface area contributed by atoms with Crippen molar-refractivity contribution in [2.45, 2.75) is 25.7 Å². The van der Waals surface area contributed by atoms with Gasteiger partial charge >= 0.3 is 0 Å². The maximum atomic E-state index is 13.2. The van der Waals surface area contributed by atoms with E-state index in [1.807, 2.05) is 65.7 Å². The topological polar surface area (TPSA) is 71.1 Å². The van der Waals surface area contributed by atoms with Gasteiger partial charge in [-0.1, -0.05) is 12.1 Å². The highest BCUT2D eigenvalue weighted by Crippen LogP contribution is 2.29. The van der Waals surface area contributed by atoms with E-state index in [0.29, 0.717) is 18.8 Å². The summed E-state index contributed by atoms with van der Waals surface area (Å²) < 4.78 is 5.50.